The lowest BCUT2D eigenvalue weighted by molar-refractivity contribution is -0.164. The summed E-state index contributed by atoms with van der Waals surface area (Å²) < 4.78 is 51.5. The van der Waals surface area contributed by atoms with E-state index in [1.807, 2.05) is 81.7 Å². The van der Waals surface area contributed by atoms with Crippen LogP contribution in [0.25, 0.3) is 10.9 Å². The van der Waals surface area contributed by atoms with Crippen molar-refractivity contribution in [3.05, 3.63) is 82.5 Å². The van der Waals surface area contributed by atoms with E-state index in [0.29, 0.717) is 37.4 Å². The molecule has 472 valence electrons. The van der Waals surface area contributed by atoms with Crippen LogP contribution >= 0.6 is 19.1 Å². The van der Waals surface area contributed by atoms with Gasteiger partial charge in [-0.05, 0) is 94.8 Å². The van der Waals surface area contributed by atoms with Crippen molar-refractivity contribution in [3.8, 4) is 5.75 Å². The number of carbonyl (C=O) groups excluding carboxylic acids is 5. The van der Waals surface area contributed by atoms with Crippen molar-refractivity contribution < 1.29 is 76.9 Å². The molecule has 2 unspecified atom stereocenters. The monoisotopic (exact) mass is 1230 g/mol. The number of methoxy groups -OCH3 is 2. The van der Waals surface area contributed by atoms with Gasteiger partial charge < -0.3 is 63.6 Å². The maximum atomic E-state index is 14.5. The number of anilines is 1. The van der Waals surface area contributed by atoms with Crippen LogP contribution in [-0.2, 0) is 71.7 Å². The lowest BCUT2D eigenvalue weighted by atomic mass is 9.71. The minimum absolute atomic E-state index is 0.00716. The Morgan fingerprint density at radius 3 is 2.41 bits per heavy atom. The first kappa shape index (κ1) is 69.8. The summed E-state index contributed by atoms with van der Waals surface area (Å²) >= 11 is 6.86. The van der Waals surface area contributed by atoms with Gasteiger partial charge in [-0.2, -0.15) is 0 Å². The molecule has 2 aliphatic heterocycles. The molecule has 7 N–H and O–H groups in total. The quantitative estimate of drug-likeness (QED) is 0.0201. The molecule has 2 aromatic carbocycles. The van der Waals surface area contributed by atoms with Crippen LogP contribution in [0.3, 0.4) is 0 Å². The number of amides is 4. The molecule has 9 atom stereocenters. The number of halogens is 1. The smallest absolute Gasteiger partial charge is 0.409 e. The maximum Gasteiger partial charge on any atom is 0.409 e. The number of nitrogens with one attached hydrogen (secondary N) is 4. The average molecular weight is 1230 g/mol. The number of aryl methyl sites for hydroxylation is 1. The third-order valence-corrected chi connectivity index (χ3v) is 18.5. The number of allylic oxidation sites excluding steroid dienone is 3. The van der Waals surface area contributed by atoms with Crippen molar-refractivity contribution >= 4 is 71.5 Å². The number of esters is 1. The molecule has 0 aliphatic carbocycles. The van der Waals surface area contributed by atoms with Crippen molar-refractivity contribution in [1.82, 2.24) is 35.6 Å². The Labute approximate surface area is 503 Å². The summed E-state index contributed by atoms with van der Waals surface area (Å²) in [6, 6.07) is 11.0. The minimum Gasteiger partial charge on any atom is -0.495 e. The zero-order valence-corrected chi connectivity index (χ0v) is 52.5. The summed E-state index contributed by atoms with van der Waals surface area (Å²) in [5, 5.41) is 32.3. The van der Waals surface area contributed by atoms with E-state index in [4.69, 9.17) is 40.0 Å². The highest BCUT2D eigenvalue weighted by Crippen LogP contribution is 2.46. The molecular weight excluding hydrogens is 1140 g/mol. The number of alkyl carbamates (subject to hydrolysis) is 1. The number of nitrogens with zero attached hydrogens (tertiary/aromatic N) is 4. The molecule has 2 aliphatic rings. The van der Waals surface area contributed by atoms with Gasteiger partial charge in [0.1, 0.15) is 41.2 Å². The highest BCUT2D eigenvalue weighted by atomic mass is 35.5. The molecule has 0 spiro atoms. The Morgan fingerprint density at radius 2 is 1.74 bits per heavy atom. The number of carboxylic acids is 1. The van der Waals surface area contributed by atoms with Gasteiger partial charge in [-0.3, -0.25) is 39.3 Å². The van der Waals surface area contributed by atoms with E-state index >= 15 is 0 Å². The fraction of sp³-hybridized carbons (Fsp3) is 0.593. The van der Waals surface area contributed by atoms with Crippen LogP contribution in [0.15, 0.2) is 66.3 Å². The summed E-state index contributed by atoms with van der Waals surface area (Å²) in [5.74, 6) is -3.61. The maximum absolute atomic E-state index is 14.5. The Morgan fingerprint density at radius 1 is 1.04 bits per heavy atom. The second kappa shape index (κ2) is 32.2. The fourth-order valence-corrected chi connectivity index (χ4v) is 12.1. The molecule has 0 radical (unpaired) electrons. The summed E-state index contributed by atoms with van der Waals surface area (Å²) in [7, 11) is 5.21. The van der Waals surface area contributed by atoms with Crippen LogP contribution in [0.1, 0.15) is 90.8 Å². The van der Waals surface area contributed by atoms with Gasteiger partial charge in [0.15, 0.2) is 5.72 Å². The molecule has 0 saturated carbocycles. The fourth-order valence-electron chi connectivity index (χ4n) is 10.4. The number of hydrazine groups is 1. The second-order valence-corrected chi connectivity index (χ2v) is 25.0. The SMILES string of the molecule is CCC1(C)C[C@H](C)[C@@H]2C[C@@](O)(NC(=O)O2)[C@H](OC)/C=C/C=C(\C)Cc2cc(OC)c(Cl)c(c2)N(C)C(=O)C[C@@H]1OC(=O)[C@H](C)N(C)P(=O)(O)CCOCCOCCNC(=O)[C@H](CCC(=O)O)NC(=O)CCn1c(CN(C)NC)cc2ccccc21. The van der Waals surface area contributed by atoms with E-state index in [9.17, 15) is 48.4 Å². The normalized spacial score (nSPS) is 23.9. The van der Waals surface area contributed by atoms with Crippen LogP contribution in [0.5, 0.6) is 5.75 Å². The molecule has 1 fully saturated rings. The number of aliphatic carboxylic acids is 1. The second-order valence-electron chi connectivity index (χ2n) is 22.2. The van der Waals surface area contributed by atoms with Gasteiger partial charge in [-0.25, -0.2) is 14.5 Å². The Bertz CT molecular complexity index is 2910. The Kier molecular flexibility index (Phi) is 26.4. The first-order valence-electron chi connectivity index (χ1n) is 28.6. The van der Waals surface area contributed by atoms with Gasteiger partial charge in [0, 0.05) is 70.2 Å². The Balaban J connectivity index is 1.17. The first-order chi connectivity index (χ1) is 40.2. The van der Waals surface area contributed by atoms with Crippen LogP contribution in [0, 0.1) is 11.3 Å². The van der Waals surface area contributed by atoms with Crippen LogP contribution < -0.4 is 31.0 Å². The molecule has 1 saturated heterocycles. The number of hydrogen-bond acceptors (Lipinski definition) is 16. The zero-order valence-electron chi connectivity index (χ0n) is 50.8. The molecule has 4 bridgehead atoms. The number of aromatic nitrogens is 1. The van der Waals surface area contributed by atoms with E-state index in [0.717, 1.165) is 32.4 Å². The number of likely N-dealkylation sites (N-methyl/N-ethyl adjacent to an activating group) is 1. The van der Waals surface area contributed by atoms with Crippen LogP contribution in [0.2, 0.25) is 5.02 Å². The van der Waals surface area contributed by atoms with E-state index < -0.39 is 90.7 Å². The molecule has 26 heteroatoms. The molecule has 4 amide bonds. The number of benzene rings is 2. The van der Waals surface area contributed by atoms with Gasteiger partial charge in [-0.1, -0.05) is 74.4 Å². The number of carbonyl (C=O) groups is 6. The summed E-state index contributed by atoms with van der Waals surface area (Å²) in [5.41, 5.74) is 4.15. The predicted molar refractivity (Wildman–Crippen MR) is 321 cm³/mol. The molecule has 5 rings (SSSR count). The topological polar surface area (TPSA) is 298 Å². The molecule has 3 aromatic rings. The van der Waals surface area contributed by atoms with Gasteiger partial charge in [0.25, 0.3) is 7.52 Å². The van der Waals surface area contributed by atoms with E-state index in [-0.39, 0.29) is 82.7 Å². The number of fused-ring (bicyclic) bond motifs is 5. The largest absolute Gasteiger partial charge is 0.495 e. The van der Waals surface area contributed by atoms with Crippen molar-refractivity contribution in [2.75, 3.05) is 86.4 Å². The highest BCUT2D eigenvalue weighted by molar-refractivity contribution is 7.55. The Hall–Kier alpha value is -5.92. The van der Waals surface area contributed by atoms with Crippen LogP contribution in [0.4, 0.5) is 10.5 Å². The number of aliphatic hydroxyl groups is 1. The highest BCUT2D eigenvalue weighted by Gasteiger charge is 2.49. The zero-order chi connectivity index (χ0) is 62.8. The van der Waals surface area contributed by atoms with Crippen molar-refractivity contribution in [2.45, 2.75) is 135 Å². The van der Waals surface area contributed by atoms with Crippen molar-refractivity contribution in [3.63, 3.8) is 0 Å². The molecule has 24 nitrogen and oxygen atoms in total. The third-order valence-electron chi connectivity index (χ3n) is 16.0. The van der Waals surface area contributed by atoms with E-state index in [2.05, 4.69) is 27.4 Å². The number of rotatable bonds is 27. The summed E-state index contributed by atoms with van der Waals surface area (Å²) in [6.45, 7) is 9.69. The summed E-state index contributed by atoms with van der Waals surface area (Å²) in [6.07, 6.45) is 1.14. The molecular formula is C59H88ClN8O16P. The molecule has 1 aromatic heterocycles. The van der Waals surface area contributed by atoms with Gasteiger partial charge in [0.2, 0.25) is 17.7 Å². The van der Waals surface area contributed by atoms with E-state index in [1.165, 1.54) is 33.1 Å². The van der Waals surface area contributed by atoms with E-state index in [1.54, 1.807) is 31.3 Å². The van der Waals surface area contributed by atoms with Gasteiger partial charge in [-0.15, -0.1) is 0 Å². The number of carboxylic acid groups (broad SMARTS) is 1. The number of hydrogen-bond donors (Lipinski definition) is 7. The van der Waals surface area contributed by atoms with Gasteiger partial charge in [0.05, 0.1) is 58.4 Å². The standard InChI is InChI=1S/C59H88ClN8O16P/c1-12-58(5)35-39(3)48-36-59(76,64-57(75)83-48)49(80-11)19-15-16-38(2)30-41-31-46(54(60)47(32-41)79-10)66(8)52(70)34-50(58)84-56(74)40(4)67(9)85(77,78)29-28-82-27-26-81-25-23-62-55(73)44(20-21-53(71)72)63-51(69)22-24-68-43(37-65(7)61-6)33-42-17-13-14-18-45(42)68/h13-19,31-33,39-40,44,48-50,61,76H,12,20-30,34-37H2,1-11H3,(H,62,73)(H,63,69)(H,64,75)(H,71,72)(H,77,78)/b19-15+,38-16+/t39-,40-,44-,48-,49+,50-,58?,59-/m0/s1. The first-order valence-corrected chi connectivity index (χ1v) is 30.7. The molecule has 85 heavy (non-hydrogen) atoms. The summed E-state index contributed by atoms with van der Waals surface area (Å²) in [4.78, 5) is 92.5. The van der Waals surface area contributed by atoms with Crippen LogP contribution in [-0.4, -0.2) is 183 Å². The van der Waals surface area contributed by atoms with Crippen molar-refractivity contribution in [1.29, 1.82) is 0 Å². The van der Waals surface area contributed by atoms with Crippen molar-refractivity contribution in [2.24, 2.45) is 11.3 Å². The third kappa shape index (κ3) is 19.5. The average Bonchev–Trinajstić information content (AvgIpc) is 4.07. The number of para-hydroxylation sites is 1. The lowest BCUT2D eigenvalue weighted by Gasteiger charge is -2.44. The minimum atomic E-state index is -4.26. The molecule has 3 heterocycles. The number of ether oxygens (including phenoxy) is 6. The predicted octanol–water partition coefficient (Wildman–Crippen LogP) is 5.93. The van der Waals surface area contributed by atoms with Gasteiger partial charge >= 0.3 is 18.0 Å². The lowest BCUT2D eigenvalue weighted by Crippen LogP contribution is -2.63.